The molecule has 0 bridgehead atoms. The Hall–Kier alpha value is -3.07. The smallest absolute Gasteiger partial charge is 0.398 e. The van der Waals surface area contributed by atoms with E-state index in [1.54, 1.807) is 0 Å². The Morgan fingerprint density at radius 3 is 2.33 bits per heavy atom. The number of anilines is 1. The number of hydrogen-bond acceptors (Lipinski definition) is 4. The molecule has 27 heavy (non-hydrogen) atoms. The lowest BCUT2D eigenvalue weighted by molar-refractivity contribution is -0.137. The van der Waals surface area contributed by atoms with Gasteiger partial charge in [0, 0.05) is 12.2 Å². The van der Waals surface area contributed by atoms with Gasteiger partial charge in [-0.2, -0.15) is 13.2 Å². The van der Waals surface area contributed by atoms with Crippen molar-refractivity contribution >= 4 is 17.5 Å². The summed E-state index contributed by atoms with van der Waals surface area (Å²) in [7, 11) is 0. The summed E-state index contributed by atoms with van der Waals surface area (Å²) < 4.78 is 38.4. The van der Waals surface area contributed by atoms with Crippen molar-refractivity contribution in [3.63, 3.8) is 0 Å². The second-order valence-electron chi connectivity index (χ2n) is 6.00. The van der Waals surface area contributed by atoms with E-state index in [0.717, 1.165) is 23.3 Å². The summed E-state index contributed by atoms with van der Waals surface area (Å²) in [5, 5.41) is 3.11. The molecule has 0 aliphatic heterocycles. The molecule has 0 saturated carbocycles. The molecule has 0 aliphatic carbocycles. The van der Waals surface area contributed by atoms with E-state index in [0.29, 0.717) is 11.1 Å². The van der Waals surface area contributed by atoms with Crippen LogP contribution in [0.1, 0.15) is 27.0 Å². The number of hydrazine groups is 1. The molecule has 0 spiro atoms. The number of aryl methyl sites for hydroxylation is 1. The van der Waals surface area contributed by atoms with Crippen LogP contribution in [0.4, 0.5) is 18.9 Å². The van der Waals surface area contributed by atoms with Crippen molar-refractivity contribution in [2.75, 3.05) is 12.3 Å². The van der Waals surface area contributed by atoms with Crippen LogP contribution in [0, 0.1) is 6.92 Å². The molecule has 2 aromatic carbocycles. The van der Waals surface area contributed by atoms with E-state index in [1.807, 2.05) is 31.2 Å². The van der Waals surface area contributed by atoms with Gasteiger partial charge in [-0.25, -0.2) is 5.84 Å². The van der Waals surface area contributed by atoms with Gasteiger partial charge in [-0.05, 0) is 30.7 Å². The first-order valence-electron chi connectivity index (χ1n) is 7.93. The van der Waals surface area contributed by atoms with E-state index < -0.39 is 35.7 Å². The van der Waals surface area contributed by atoms with Crippen LogP contribution in [0.2, 0.25) is 0 Å². The second kappa shape index (κ2) is 8.09. The number of hydrogen-bond donors (Lipinski definition) is 3. The molecule has 0 fully saturated rings. The van der Waals surface area contributed by atoms with Gasteiger partial charge in [0.2, 0.25) is 5.91 Å². The third-order valence-corrected chi connectivity index (χ3v) is 3.80. The number of rotatable bonds is 5. The van der Waals surface area contributed by atoms with E-state index >= 15 is 0 Å². The quantitative estimate of drug-likeness (QED) is 0.320. The lowest BCUT2D eigenvalue weighted by atomic mass is 10.1. The monoisotopic (exact) mass is 380 g/mol. The zero-order valence-electron chi connectivity index (χ0n) is 14.5. The van der Waals surface area contributed by atoms with Crippen molar-refractivity contribution < 1.29 is 22.8 Å². The van der Waals surface area contributed by atoms with Gasteiger partial charge in [0.05, 0.1) is 11.1 Å². The molecule has 144 valence electrons. The van der Waals surface area contributed by atoms with Gasteiger partial charge < -0.3 is 11.1 Å². The van der Waals surface area contributed by atoms with Gasteiger partial charge in [0.1, 0.15) is 6.54 Å². The first kappa shape index (κ1) is 20.2. The molecule has 0 aromatic heterocycles. The number of nitrogens with two attached hydrogens (primary N) is 2. The van der Waals surface area contributed by atoms with Gasteiger partial charge in [0.15, 0.2) is 0 Å². The molecule has 0 saturated heterocycles. The SMILES string of the molecule is Cc1ccc(CNC(=O)CN(N)C(=O)c2cc(C(F)(F)F)ccc2N)cc1. The highest BCUT2D eigenvalue weighted by Crippen LogP contribution is 2.31. The van der Waals surface area contributed by atoms with Crippen molar-refractivity contribution in [3.05, 3.63) is 64.7 Å². The van der Waals surface area contributed by atoms with Crippen molar-refractivity contribution in [3.8, 4) is 0 Å². The number of carbonyl (C=O) groups excluding carboxylic acids is 2. The standard InChI is InChI=1S/C18H19F3N4O2/c1-11-2-4-12(5-3-11)9-24-16(26)10-25(23)17(27)14-8-13(18(19,20)21)6-7-15(14)22/h2-8H,9-10,22-23H2,1H3,(H,24,26). The van der Waals surface area contributed by atoms with Crippen LogP contribution in [-0.4, -0.2) is 23.4 Å². The lowest BCUT2D eigenvalue weighted by Gasteiger charge is -2.18. The summed E-state index contributed by atoms with van der Waals surface area (Å²) in [5.41, 5.74) is 5.89. The zero-order chi connectivity index (χ0) is 20.2. The van der Waals surface area contributed by atoms with Gasteiger partial charge >= 0.3 is 6.18 Å². The fourth-order valence-electron chi connectivity index (χ4n) is 2.26. The minimum Gasteiger partial charge on any atom is -0.398 e. The summed E-state index contributed by atoms with van der Waals surface area (Å²) in [4.78, 5) is 24.2. The van der Waals surface area contributed by atoms with E-state index in [2.05, 4.69) is 5.32 Å². The third kappa shape index (κ3) is 5.45. The van der Waals surface area contributed by atoms with Crippen molar-refractivity contribution in [2.24, 2.45) is 5.84 Å². The molecule has 9 heteroatoms. The number of amides is 2. The van der Waals surface area contributed by atoms with Crippen LogP contribution >= 0.6 is 0 Å². The Morgan fingerprint density at radius 1 is 1.11 bits per heavy atom. The largest absolute Gasteiger partial charge is 0.416 e. The third-order valence-electron chi connectivity index (χ3n) is 3.80. The van der Waals surface area contributed by atoms with Crippen LogP contribution in [0.15, 0.2) is 42.5 Å². The highest BCUT2D eigenvalue weighted by molar-refractivity contribution is 6.00. The first-order valence-corrected chi connectivity index (χ1v) is 7.93. The minimum atomic E-state index is -4.63. The highest BCUT2D eigenvalue weighted by Gasteiger charge is 2.32. The summed E-state index contributed by atoms with van der Waals surface area (Å²) in [6.45, 7) is 1.63. The number of carbonyl (C=O) groups is 2. The number of nitrogens with one attached hydrogen (secondary N) is 1. The summed E-state index contributed by atoms with van der Waals surface area (Å²) in [6, 6.07) is 9.80. The van der Waals surface area contributed by atoms with Gasteiger partial charge in [-0.1, -0.05) is 29.8 Å². The predicted molar refractivity (Wildman–Crippen MR) is 94.1 cm³/mol. The normalized spacial score (nSPS) is 11.1. The Balaban J connectivity index is 2.00. The maximum Gasteiger partial charge on any atom is 0.416 e. The number of nitrogen functional groups attached to an aromatic ring is 1. The van der Waals surface area contributed by atoms with E-state index in [1.165, 1.54) is 0 Å². The molecule has 0 aliphatic rings. The molecule has 0 unspecified atom stereocenters. The molecule has 0 heterocycles. The summed E-state index contributed by atoms with van der Waals surface area (Å²) in [5.74, 6) is 4.01. The summed E-state index contributed by atoms with van der Waals surface area (Å²) in [6.07, 6.45) is -4.63. The van der Waals surface area contributed by atoms with Crippen LogP contribution in [0.5, 0.6) is 0 Å². The molecule has 2 amide bonds. The average Bonchev–Trinajstić information content (AvgIpc) is 2.60. The van der Waals surface area contributed by atoms with E-state index in [-0.39, 0.29) is 12.2 Å². The second-order valence-corrected chi connectivity index (χ2v) is 6.00. The van der Waals surface area contributed by atoms with Crippen molar-refractivity contribution in [2.45, 2.75) is 19.6 Å². The Morgan fingerprint density at radius 2 is 1.74 bits per heavy atom. The molecule has 0 radical (unpaired) electrons. The van der Waals surface area contributed by atoms with E-state index in [9.17, 15) is 22.8 Å². The van der Waals surface area contributed by atoms with Gasteiger partial charge in [0.25, 0.3) is 5.91 Å². The number of alkyl halides is 3. The number of nitrogens with zero attached hydrogens (tertiary/aromatic N) is 1. The maximum absolute atomic E-state index is 12.8. The lowest BCUT2D eigenvalue weighted by Crippen LogP contribution is -2.45. The molecule has 5 N–H and O–H groups in total. The van der Waals surface area contributed by atoms with Crippen LogP contribution < -0.4 is 16.9 Å². The van der Waals surface area contributed by atoms with Crippen molar-refractivity contribution in [1.29, 1.82) is 0 Å². The fraction of sp³-hybridized carbons (Fsp3) is 0.222. The molecule has 2 aromatic rings. The average molecular weight is 380 g/mol. The molecular weight excluding hydrogens is 361 g/mol. The van der Waals surface area contributed by atoms with Gasteiger partial charge in [-0.15, -0.1) is 0 Å². The maximum atomic E-state index is 12.8. The summed E-state index contributed by atoms with van der Waals surface area (Å²) >= 11 is 0. The number of benzene rings is 2. The minimum absolute atomic E-state index is 0.163. The topological polar surface area (TPSA) is 101 Å². The predicted octanol–water partition coefficient (Wildman–Crippen LogP) is 2.23. The molecule has 6 nitrogen and oxygen atoms in total. The van der Waals surface area contributed by atoms with E-state index in [4.69, 9.17) is 11.6 Å². The fourth-order valence-corrected chi connectivity index (χ4v) is 2.26. The molecular formula is C18H19F3N4O2. The van der Waals surface area contributed by atoms with Crippen LogP contribution in [0.3, 0.4) is 0 Å². The van der Waals surface area contributed by atoms with Crippen LogP contribution in [0.25, 0.3) is 0 Å². The highest BCUT2D eigenvalue weighted by atomic mass is 19.4. The van der Waals surface area contributed by atoms with Crippen LogP contribution in [-0.2, 0) is 17.5 Å². The Bertz CT molecular complexity index is 835. The molecule has 0 atom stereocenters. The first-order chi connectivity index (χ1) is 12.6. The Kier molecular flexibility index (Phi) is 6.06. The van der Waals surface area contributed by atoms with Crippen molar-refractivity contribution in [1.82, 2.24) is 10.3 Å². The Labute approximate surface area is 153 Å². The molecule has 2 rings (SSSR count). The zero-order valence-corrected chi connectivity index (χ0v) is 14.5. The number of halogens is 3. The van der Waals surface area contributed by atoms with Gasteiger partial charge in [-0.3, -0.25) is 14.6 Å².